The van der Waals surface area contributed by atoms with Gasteiger partial charge in [0.25, 0.3) is 0 Å². The van der Waals surface area contributed by atoms with Gasteiger partial charge < -0.3 is 28.7 Å². The van der Waals surface area contributed by atoms with Crippen molar-refractivity contribution in [1.82, 2.24) is 59.4 Å². The Morgan fingerprint density at radius 2 is 1.11 bits per heavy atom. The summed E-state index contributed by atoms with van der Waals surface area (Å²) in [6.07, 6.45) is 18.0. The second kappa shape index (κ2) is 27.1. The van der Waals surface area contributed by atoms with Gasteiger partial charge in [0.2, 0.25) is 17.5 Å². The van der Waals surface area contributed by atoms with E-state index in [2.05, 4.69) is 64.7 Å². The van der Waals surface area contributed by atoms with E-state index in [0.717, 1.165) is 75.4 Å². The second-order valence-electron chi connectivity index (χ2n) is 18.9. The number of fused-ring (bicyclic) bond motifs is 3. The molecule has 0 atom stereocenters. The number of amides is 1. The van der Waals surface area contributed by atoms with Gasteiger partial charge in [0, 0.05) is 57.0 Å². The number of aromatic nitrogens is 12. The van der Waals surface area contributed by atoms with Gasteiger partial charge in [-0.2, -0.15) is 13.9 Å². The fourth-order valence-electron chi connectivity index (χ4n) is 8.72. The standard InChI is InChI=1S/C30H45N5O3.C15H18N4O3.C11H12N4O/c1-4-5-6-7-8-9-10-11-12-13-14-15-22-38-28(37)21-20-27(36)31-26-18-16-25(17-19-26)29-32-30-23(2)24(3)33-35(30)34-29;1-8-9(2)17-19-15(8)16-14(18-19)10-6-11(20-3)13(22-5)12(7-10)21-4;1-3-8-7(2)11-12-10(14-15(11)13-8)9-5-4-6-16-9/h16-19,33H,4-15,20-22H2,1-3H3,(H,31,36);6-7,17H,1-5H3;4-6,13H,3H2,1-2H3. The molecule has 4 N–H and O–H groups in total. The highest BCUT2D eigenvalue weighted by Crippen LogP contribution is 2.40. The summed E-state index contributed by atoms with van der Waals surface area (Å²) in [6, 6.07) is 14.7. The number of aryl methyl sites for hydroxylation is 6. The quantitative estimate of drug-likeness (QED) is 0.0326. The Morgan fingerprint density at radius 3 is 1.61 bits per heavy atom. The fraction of sp³-hybridized carbons (Fsp3) is 0.464. The number of H-pyrrole nitrogens is 3. The Kier molecular flexibility index (Phi) is 19.9. The van der Waals surface area contributed by atoms with Gasteiger partial charge in [-0.25, -0.2) is 15.0 Å². The van der Waals surface area contributed by atoms with Gasteiger partial charge in [0.1, 0.15) is 0 Å². The topological polar surface area (TPSA) is 234 Å². The molecular formula is C56H75N13O7. The van der Waals surface area contributed by atoms with Gasteiger partial charge in [-0.15, -0.1) is 15.3 Å². The molecular weight excluding hydrogens is 967 g/mol. The first-order chi connectivity index (χ1) is 36.8. The second-order valence-corrected chi connectivity index (χ2v) is 18.9. The number of benzene rings is 2. The third-order valence-electron chi connectivity index (χ3n) is 13.5. The lowest BCUT2D eigenvalue weighted by Crippen LogP contribution is -2.14. The average molecular weight is 1040 g/mol. The molecule has 0 aliphatic rings. The SMILES string of the molecule is CCCCCCCCCCCCCCOC(=O)CCC(=O)Nc1ccc(-c2nc3c(C)c(C)[nH]n3n2)cc1.CCc1[nH]n2nc(-c3ccco3)nc2c1C.COc1cc(-c2nc3c(C)c(C)[nH]n3n2)cc(OC)c1OC. The van der Waals surface area contributed by atoms with E-state index < -0.39 is 0 Å². The average Bonchev–Trinajstić information content (AvgIpc) is 4.33. The summed E-state index contributed by atoms with van der Waals surface area (Å²) in [5.74, 6) is 3.68. The molecule has 1 amide bonds. The maximum Gasteiger partial charge on any atom is 0.306 e. The van der Waals surface area contributed by atoms with E-state index in [-0.39, 0.29) is 24.7 Å². The zero-order valence-corrected chi connectivity index (χ0v) is 45.9. The number of ether oxygens (including phenoxy) is 4. The number of rotatable bonds is 24. The van der Waals surface area contributed by atoms with E-state index in [1.807, 2.05) is 83.1 Å². The van der Waals surface area contributed by atoms with Crippen molar-refractivity contribution in [1.29, 1.82) is 0 Å². The Morgan fingerprint density at radius 1 is 0.592 bits per heavy atom. The van der Waals surface area contributed by atoms with Crippen LogP contribution in [0.4, 0.5) is 5.69 Å². The smallest absolute Gasteiger partial charge is 0.306 e. The number of anilines is 1. The molecule has 0 saturated carbocycles. The molecule has 0 fully saturated rings. The number of methoxy groups -OCH3 is 3. The van der Waals surface area contributed by atoms with E-state index in [1.54, 1.807) is 41.5 Å². The summed E-state index contributed by atoms with van der Waals surface area (Å²) in [6.45, 7) is 14.8. The van der Waals surface area contributed by atoms with Crippen molar-refractivity contribution in [2.45, 2.75) is 145 Å². The van der Waals surface area contributed by atoms with Crippen molar-refractivity contribution in [3.8, 4) is 51.6 Å². The first kappa shape index (κ1) is 55.8. The van der Waals surface area contributed by atoms with Gasteiger partial charge in [0.15, 0.2) is 45.8 Å². The molecule has 9 rings (SSSR count). The summed E-state index contributed by atoms with van der Waals surface area (Å²) in [5.41, 5.74) is 11.3. The van der Waals surface area contributed by atoms with Gasteiger partial charge in [-0.1, -0.05) is 84.5 Å². The predicted octanol–water partition coefficient (Wildman–Crippen LogP) is 11.9. The normalized spacial score (nSPS) is 11.2. The van der Waals surface area contributed by atoms with Crippen LogP contribution in [0.2, 0.25) is 0 Å². The molecule has 0 bridgehead atoms. The monoisotopic (exact) mass is 1040 g/mol. The summed E-state index contributed by atoms with van der Waals surface area (Å²) < 4.78 is 31.7. The van der Waals surface area contributed by atoms with Crippen LogP contribution in [0.3, 0.4) is 0 Å². The first-order valence-corrected chi connectivity index (χ1v) is 26.5. The summed E-state index contributed by atoms with van der Waals surface area (Å²) in [7, 11) is 4.74. The zero-order chi connectivity index (χ0) is 54.1. The number of unbranched alkanes of at least 4 members (excludes halogenated alkanes) is 11. The molecule has 2 aromatic carbocycles. The highest BCUT2D eigenvalue weighted by Gasteiger charge is 2.19. The van der Waals surface area contributed by atoms with Crippen LogP contribution in [0.5, 0.6) is 17.2 Å². The number of nitrogens with one attached hydrogen (secondary N) is 4. The van der Waals surface area contributed by atoms with Crippen LogP contribution in [0.15, 0.2) is 59.2 Å². The van der Waals surface area contributed by atoms with Crippen LogP contribution in [0, 0.1) is 34.6 Å². The highest BCUT2D eigenvalue weighted by molar-refractivity contribution is 5.92. The molecule has 0 saturated heterocycles. The molecule has 20 heteroatoms. The van der Waals surface area contributed by atoms with Gasteiger partial charge in [-0.3, -0.25) is 24.9 Å². The van der Waals surface area contributed by atoms with Crippen LogP contribution in [-0.4, -0.2) is 99.2 Å². The zero-order valence-electron chi connectivity index (χ0n) is 45.9. The highest BCUT2D eigenvalue weighted by atomic mass is 16.5. The number of furan rings is 1. The first-order valence-electron chi connectivity index (χ1n) is 26.5. The predicted molar refractivity (Wildman–Crippen MR) is 293 cm³/mol. The third kappa shape index (κ3) is 14.1. The van der Waals surface area contributed by atoms with E-state index in [9.17, 15) is 9.59 Å². The number of carbonyl (C=O) groups excluding carboxylic acids is 2. The van der Waals surface area contributed by atoms with Gasteiger partial charge in [0.05, 0.1) is 40.6 Å². The van der Waals surface area contributed by atoms with E-state index in [0.29, 0.717) is 52.8 Å². The third-order valence-corrected chi connectivity index (χ3v) is 13.5. The fourth-order valence-corrected chi connectivity index (χ4v) is 8.72. The van der Waals surface area contributed by atoms with Gasteiger partial charge >= 0.3 is 5.97 Å². The molecule has 0 aliphatic carbocycles. The van der Waals surface area contributed by atoms with Crippen molar-refractivity contribution in [2.24, 2.45) is 0 Å². The number of aromatic amines is 3. The lowest BCUT2D eigenvalue weighted by atomic mass is 10.1. The van der Waals surface area contributed by atoms with Gasteiger partial charge in [-0.05, 0) is 96.0 Å². The molecule has 0 spiro atoms. The van der Waals surface area contributed by atoms with Crippen molar-refractivity contribution in [3.05, 3.63) is 88.6 Å². The summed E-state index contributed by atoms with van der Waals surface area (Å²) in [4.78, 5) is 37.9. The van der Waals surface area contributed by atoms with Crippen LogP contribution in [0.1, 0.15) is 138 Å². The number of hydrogen-bond donors (Lipinski definition) is 4. The number of esters is 1. The Hall–Kier alpha value is -7.90. The molecule has 0 radical (unpaired) electrons. The Labute approximate surface area is 443 Å². The molecule has 9 aromatic rings. The van der Waals surface area contributed by atoms with E-state index in [1.165, 1.54) is 69.9 Å². The van der Waals surface area contributed by atoms with Crippen LogP contribution in [-0.2, 0) is 20.7 Å². The minimum atomic E-state index is -0.314. The molecule has 7 heterocycles. The molecule has 7 aromatic heterocycles. The molecule has 0 aliphatic heterocycles. The van der Waals surface area contributed by atoms with E-state index >= 15 is 0 Å². The summed E-state index contributed by atoms with van der Waals surface area (Å²) in [5, 5.41) is 25.6. The number of nitrogens with zero attached hydrogens (tertiary/aromatic N) is 9. The summed E-state index contributed by atoms with van der Waals surface area (Å²) >= 11 is 0. The van der Waals surface area contributed by atoms with Crippen molar-refractivity contribution >= 4 is 34.5 Å². The van der Waals surface area contributed by atoms with Crippen molar-refractivity contribution in [2.75, 3.05) is 33.3 Å². The lowest BCUT2D eigenvalue weighted by molar-refractivity contribution is -0.144. The molecule has 76 heavy (non-hydrogen) atoms. The number of hydrogen-bond acceptors (Lipinski definition) is 13. The van der Waals surface area contributed by atoms with Crippen molar-refractivity contribution in [3.63, 3.8) is 0 Å². The maximum absolute atomic E-state index is 12.3. The van der Waals surface area contributed by atoms with E-state index in [4.69, 9.17) is 23.4 Å². The maximum atomic E-state index is 12.3. The molecule has 406 valence electrons. The minimum absolute atomic E-state index is 0.0889. The van der Waals surface area contributed by atoms with Crippen LogP contribution >= 0.6 is 0 Å². The number of carbonyl (C=O) groups is 2. The van der Waals surface area contributed by atoms with Crippen molar-refractivity contribution < 1.29 is 33.0 Å². The van der Waals surface area contributed by atoms with Crippen LogP contribution < -0.4 is 19.5 Å². The molecule has 0 unspecified atom stereocenters. The lowest BCUT2D eigenvalue weighted by Gasteiger charge is -2.12. The Bertz CT molecular complexity index is 3240. The largest absolute Gasteiger partial charge is 0.493 e. The minimum Gasteiger partial charge on any atom is -0.493 e. The molecule has 20 nitrogen and oxygen atoms in total. The van der Waals surface area contributed by atoms with Crippen LogP contribution in [0.25, 0.3) is 51.3 Å². The Balaban J connectivity index is 0.000000184.